The van der Waals surface area contributed by atoms with Gasteiger partial charge in [0.15, 0.2) is 0 Å². The fourth-order valence-electron chi connectivity index (χ4n) is 4.04. The van der Waals surface area contributed by atoms with Crippen molar-refractivity contribution in [3.63, 3.8) is 0 Å². The van der Waals surface area contributed by atoms with Gasteiger partial charge in [-0.25, -0.2) is 9.97 Å². The van der Waals surface area contributed by atoms with E-state index in [9.17, 15) is 4.79 Å². The molecule has 1 amide bonds. The van der Waals surface area contributed by atoms with Gasteiger partial charge >= 0.3 is 0 Å². The van der Waals surface area contributed by atoms with Crippen molar-refractivity contribution >= 4 is 11.9 Å². The molecule has 136 valence electrons. The van der Waals surface area contributed by atoms with Gasteiger partial charge in [-0.15, -0.1) is 0 Å². The van der Waals surface area contributed by atoms with Gasteiger partial charge in [0.2, 0.25) is 11.9 Å². The van der Waals surface area contributed by atoms with Crippen LogP contribution in [0.1, 0.15) is 24.8 Å². The van der Waals surface area contributed by atoms with Gasteiger partial charge in [0.1, 0.15) is 5.75 Å². The molecule has 1 aliphatic heterocycles. The first-order chi connectivity index (χ1) is 12.7. The summed E-state index contributed by atoms with van der Waals surface area (Å²) < 4.78 is 5.54. The second-order valence-corrected chi connectivity index (χ2v) is 6.96. The van der Waals surface area contributed by atoms with E-state index in [1.807, 2.05) is 35.2 Å². The summed E-state index contributed by atoms with van der Waals surface area (Å²) in [6, 6.07) is 9.77. The predicted molar refractivity (Wildman–Crippen MR) is 99.3 cm³/mol. The van der Waals surface area contributed by atoms with Crippen LogP contribution in [0.3, 0.4) is 0 Å². The van der Waals surface area contributed by atoms with Crippen molar-refractivity contribution in [3.05, 3.63) is 48.3 Å². The number of aromatic nitrogens is 2. The van der Waals surface area contributed by atoms with Crippen molar-refractivity contribution in [1.29, 1.82) is 0 Å². The fraction of sp³-hybridized carbons (Fsp3) is 0.450. The number of benzene rings is 1. The van der Waals surface area contributed by atoms with E-state index in [1.165, 1.54) is 0 Å². The molecular weight excluding hydrogens is 328 g/mol. The van der Waals surface area contributed by atoms with Crippen molar-refractivity contribution in [3.8, 4) is 5.75 Å². The number of amides is 1. The largest absolute Gasteiger partial charge is 0.496 e. The molecule has 0 radical (unpaired) electrons. The Morgan fingerprint density at radius 1 is 1.04 bits per heavy atom. The van der Waals surface area contributed by atoms with E-state index in [0.29, 0.717) is 13.1 Å². The zero-order valence-corrected chi connectivity index (χ0v) is 15.1. The van der Waals surface area contributed by atoms with Gasteiger partial charge in [-0.2, -0.15) is 0 Å². The van der Waals surface area contributed by atoms with Crippen LogP contribution >= 0.6 is 0 Å². The lowest BCUT2D eigenvalue weighted by Gasteiger charge is -2.46. The molecule has 0 atom stereocenters. The van der Waals surface area contributed by atoms with Crippen molar-refractivity contribution in [2.75, 3.05) is 38.2 Å². The van der Waals surface area contributed by atoms with Gasteiger partial charge in [-0.3, -0.25) is 4.79 Å². The topological polar surface area (TPSA) is 58.6 Å². The monoisotopic (exact) mass is 352 g/mol. The van der Waals surface area contributed by atoms with Crippen LogP contribution in [-0.2, 0) is 10.2 Å². The minimum atomic E-state index is -0.419. The lowest BCUT2D eigenvalue weighted by Crippen LogP contribution is -2.57. The number of rotatable bonds is 4. The van der Waals surface area contributed by atoms with Crippen LogP contribution in [0.2, 0.25) is 0 Å². The first kappa shape index (κ1) is 16.8. The maximum Gasteiger partial charge on any atom is 0.233 e. The molecule has 26 heavy (non-hydrogen) atoms. The third-order valence-electron chi connectivity index (χ3n) is 5.64. The molecule has 2 heterocycles. The van der Waals surface area contributed by atoms with Gasteiger partial charge in [0.25, 0.3) is 0 Å². The molecule has 0 unspecified atom stereocenters. The lowest BCUT2D eigenvalue weighted by atomic mass is 9.63. The SMILES string of the molecule is COc1ccccc1C1(C(=O)N2CCN(c3ncccn3)CC2)CCC1. The summed E-state index contributed by atoms with van der Waals surface area (Å²) in [5.41, 5.74) is 0.616. The van der Waals surface area contributed by atoms with E-state index in [2.05, 4.69) is 14.9 Å². The smallest absolute Gasteiger partial charge is 0.233 e. The molecule has 1 aromatic carbocycles. The van der Waals surface area contributed by atoms with E-state index in [0.717, 1.165) is 49.6 Å². The number of methoxy groups -OCH3 is 1. The summed E-state index contributed by atoms with van der Waals surface area (Å²) in [7, 11) is 1.67. The molecule has 2 fully saturated rings. The van der Waals surface area contributed by atoms with Crippen molar-refractivity contribution in [1.82, 2.24) is 14.9 Å². The van der Waals surface area contributed by atoms with Crippen molar-refractivity contribution < 1.29 is 9.53 Å². The number of hydrogen-bond donors (Lipinski definition) is 0. The maximum absolute atomic E-state index is 13.4. The Balaban J connectivity index is 1.50. The van der Waals surface area contributed by atoms with Gasteiger partial charge in [0, 0.05) is 44.1 Å². The maximum atomic E-state index is 13.4. The number of piperazine rings is 1. The van der Waals surface area contributed by atoms with E-state index in [1.54, 1.807) is 19.5 Å². The highest BCUT2D eigenvalue weighted by Gasteiger charge is 2.49. The summed E-state index contributed by atoms with van der Waals surface area (Å²) in [6.45, 7) is 2.93. The van der Waals surface area contributed by atoms with Crippen LogP contribution in [0.25, 0.3) is 0 Å². The summed E-state index contributed by atoms with van der Waals surface area (Å²) >= 11 is 0. The number of anilines is 1. The van der Waals surface area contributed by atoms with Crippen LogP contribution < -0.4 is 9.64 Å². The van der Waals surface area contributed by atoms with Crippen molar-refractivity contribution in [2.24, 2.45) is 0 Å². The van der Waals surface area contributed by atoms with E-state index >= 15 is 0 Å². The highest BCUT2D eigenvalue weighted by molar-refractivity contribution is 5.90. The molecule has 1 aliphatic carbocycles. The van der Waals surface area contributed by atoms with E-state index < -0.39 is 5.41 Å². The molecule has 1 saturated carbocycles. The Kier molecular flexibility index (Phi) is 4.49. The van der Waals surface area contributed by atoms with Gasteiger partial charge in [-0.1, -0.05) is 24.6 Å². The van der Waals surface area contributed by atoms with Crippen LogP contribution in [0.4, 0.5) is 5.95 Å². The van der Waals surface area contributed by atoms with Crippen LogP contribution in [0, 0.1) is 0 Å². The zero-order chi connectivity index (χ0) is 18.0. The fourth-order valence-corrected chi connectivity index (χ4v) is 4.04. The molecule has 6 nitrogen and oxygen atoms in total. The van der Waals surface area contributed by atoms with Crippen LogP contribution in [-0.4, -0.2) is 54.1 Å². The molecule has 2 aliphatic rings. The minimum absolute atomic E-state index is 0.238. The van der Waals surface area contributed by atoms with E-state index in [-0.39, 0.29) is 5.91 Å². The molecular formula is C20H24N4O2. The van der Waals surface area contributed by atoms with E-state index in [4.69, 9.17) is 4.74 Å². The molecule has 4 rings (SSSR count). The quantitative estimate of drug-likeness (QED) is 0.845. The van der Waals surface area contributed by atoms with Gasteiger partial charge < -0.3 is 14.5 Å². The predicted octanol–water partition coefficient (Wildman–Crippen LogP) is 2.26. The average Bonchev–Trinajstić information content (AvgIpc) is 2.68. The highest BCUT2D eigenvalue weighted by atomic mass is 16.5. The first-order valence-electron chi connectivity index (χ1n) is 9.19. The normalized spacial score (nSPS) is 19.0. The molecule has 1 saturated heterocycles. The summed E-state index contributed by atoms with van der Waals surface area (Å²) in [5.74, 6) is 1.79. The average molecular weight is 352 g/mol. The Labute approximate surface area is 153 Å². The van der Waals surface area contributed by atoms with Crippen molar-refractivity contribution in [2.45, 2.75) is 24.7 Å². The summed E-state index contributed by atoms with van der Waals surface area (Å²) in [4.78, 5) is 26.2. The molecule has 0 spiro atoms. The standard InChI is InChI=1S/C20H24N4O2/c1-26-17-7-3-2-6-16(17)20(8-4-9-20)18(25)23-12-14-24(15-13-23)19-21-10-5-11-22-19/h2-3,5-7,10-11H,4,8-9,12-15H2,1H3. The van der Waals surface area contributed by atoms with Crippen LogP contribution in [0.5, 0.6) is 5.75 Å². The Bertz CT molecular complexity index is 768. The first-order valence-corrected chi connectivity index (χ1v) is 9.19. The number of hydrogen-bond acceptors (Lipinski definition) is 5. The second kappa shape index (κ2) is 6.94. The molecule has 6 heteroatoms. The number of para-hydroxylation sites is 1. The second-order valence-electron chi connectivity index (χ2n) is 6.96. The van der Waals surface area contributed by atoms with Gasteiger partial charge in [-0.05, 0) is 25.0 Å². The molecule has 0 N–H and O–H groups in total. The minimum Gasteiger partial charge on any atom is -0.496 e. The Morgan fingerprint density at radius 3 is 2.35 bits per heavy atom. The number of carbonyl (C=O) groups is 1. The summed E-state index contributed by atoms with van der Waals surface area (Å²) in [6.07, 6.45) is 6.39. The lowest BCUT2D eigenvalue weighted by molar-refractivity contribution is -0.141. The van der Waals surface area contributed by atoms with Crippen LogP contribution in [0.15, 0.2) is 42.7 Å². The summed E-state index contributed by atoms with van der Waals surface area (Å²) in [5, 5.41) is 0. The highest BCUT2D eigenvalue weighted by Crippen LogP contribution is 2.48. The number of carbonyl (C=O) groups excluding carboxylic acids is 1. The molecule has 0 bridgehead atoms. The molecule has 2 aromatic rings. The Hall–Kier alpha value is -2.63. The Morgan fingerprint density at radius 2 is 1.73 bits per heavy atom. The number of ether oxygens (including phenoxy) is 1. The number of nitrogens with zero attached hydrogens (tertiary/aromatic N) is 4. The van der Waals surface area contributed by atoms with Gasteiger partial charge in [0.05, 0.1) is 12.5 Å². The third-order valence-corrected chi connectivity index (χ3v) is 5.64. The third kappa shape index (κ3) is 2.79. The molecule has 1 aromatic heterocycles. The zero-order valence-electron chi connectivity index (χ0n) is 15.1.